The van der Waals surface area contributed by atoms with E-state index in [0.717, 1.165) is 0 Å². The van der Waals surface area contributed by atoms with E-state index >= 15 is 0 Å². The normalized spacial score (nSPS) is 10.0. The van der Waals surface area contributed by atoms with Crippen LogP contribution in [0, 0.1) is 17.1 Å². The van der Waals surface area contributed by atoms with Gasteiger partial charge in [0.2, 0.25) is 5.91 Å². The molecule has 0 saturated heterocycles. The van der Waals surface area contributed by atoms with Crippen LogP contribution < -0.4 is 10.6 Å². The second-order valence-electron chi connectivity index (χ2n) is 5.44. The van der Waals surface area contributed by atoms with Crippen LogP contribution in [-0.2, 0) is 11.2 Å². The highest BCUT2D eigenvalue weighted by molar-refractivity contribution is 5.91. The Morgan fingerprint density at radius 3 is 2.54 bits per heavy atom. The summed E-state index contributed by atoms with van der Waals surface area (Å²) in [4.78, 5) is 12.0. The van der Waals surface area contributed by atoms with Gasteiger partial charge in [-0.25, -0.2) is 4.39 Å². The number of carbonyl (C=O) groups excluding carboxylic acids is 1. The maximum absolute atomic E-state index is 13.6. The van der Waals surface area contributed by atoms with Crippen molar-refractivity contribution in [3.8, 4) is 6.07 Å². The number of carbonyl (C=O) groups is 1. The molecule has 0 saturated carbocycles. The average molecular weight is 347 g/mol. The van der Waals surface area contributed by atoms with E-state index in [0.29, 0.717) is 22.6 Å². The minimum Gasteiger partial charge on any atom is -0.339 e. The molecule has 0 atom stereocenters. The third-order valence-electron chi connectivity index (χ3n) is 3.50. The summed E-state index contributed by atoms with van der Waals surface area (Å²) in [5, 5.41) is 22.4. The molecule has 26 heavy (non-hydrogen) atoms. The van der Waals surface area contributed by atoms with Gasteiger partial charge in [-0.15, -0.1) is 10.2 Å². The summed E-state index contributed by atoms with van der Waals surface area (Å²) in [7, 11) is 0. The Bertz CT molecular complexity index is 966. The highest BCUT2D eigenvalue weighted by Crippen LogP contribution is 2.16. The predicted molar refractivity (Wildman–Crippen MR) is 95.2 cm³/mol. The van der Waals surface area contributed by atoms with Crippen LogP contribution in [0.2, 0.25) is 0 Å². The molecule has 2 aromatic carbocycles. The first kappa shape index (κ1) is 17.0. The molecule has 2 N–H and O–H groups in total. The van der Waals surface area contributed by atoms with Crippen molar-refractivity contribution in [3.05, 3.63) is 77.6 Å². The lowest BCUT2D eigenvalue weighted by molar-refractivity contribution is -0.115. The van der Waals surface area contributed by atoms with E-state index in [2.05, 4.69) is 26.9 Å². The van der Waals surface area contributed by atoms with Crippen LogP contribution >= 0.6 is 0 Å². The molecule has 0 spiro atoms. The van der Waals surface area contributed by atoms with Gasteiger partial charge in [0.1, 0.15) is 5.82 Å². The van der Waals surface area contributed by atoms with Crippen molar-refractivity contribution in [1.82, 2.24) is 10.2 Å². The number of halogens is 1. The number of anilines is 3. The van der Waals surface area contributed by atoms with Gasteiger partial charge in [-0.2, -0.15) is 5.26 Å². The fraction of sp³-hybridized carbons (Fsp3) is 0.0526. The maximum Gasteiger partial charge on any atom is 0.230 e. The summed E-state index contributed by atoms with van der Waals surface area (Å²) in [5.74, 6) is -0.0745. The number of nitriles is 1. The second kappa shape index (κ2) is 7.85. The number of aromatic nitrogens is 2. The van der Waals surface area contributed by atoms with Gasteiger partial charge in [-0.05, 0) is 42.0 Å². The van der Waals surface area contributed by atoms with Crippen molar-refractivity contribution in [3.63, 3.8) is 0 Å². The van der Waals surface area contributed by atoms with E-state index in [9.17, 15) is 9.18 Å². The molecule has 3 rings (SSSR count). The molecule has 0 unspecified atom stereocenters. The lowest BCUT2D eigenvalue weighted by Gasteiger charge is -2.07. The highest BCUT2D eigenvalue weighted by Gasteiger charge is 2.09. The van der Waals surface area contributed by atoms with Crippen LogP contribution in [0.5, 0.6) is 0 Å². The lowest BCUT2D eigenvalue weighted by Crippen LogP contribution is -2.16. The molecule has 6 nitrogen and oxygen atoms in total. The van der Waals surface area contributed by atoms with Crippen LogP contribution in [0.1, 0.15) is 11.1 Å². The molecule has 1 aromatic heterocycles. The zero-order chi connectivity index (χ0) is 18.4. The molecule has 3 aromatic rings. The molecule has 0 aliphatic heterocycles. The van der Waals surface area contributed by atoms with Crippen molar-refractivity contribution in [1.29, 1.82) is 5.26 Å². The third-order valence-corrected chi connectivity index (χ3v) is 3.50. The Morgan fingerprint density at radius 1 is 1.04 bits per heavy atom. The van der Waals surface area contributed by atoms with Crippen molar-refractivity contribution < 1.29 is 9.18 Å². The van der Waals surface area contributed by atoms with E-state index in [-0.39, 0.29) is 18.1 Å². The molecule has 0 aliphatic rings. The quantitative estimate of drug-likeness (QED) is 0.738. The molecule has 1 amide bonds. The first-order chi connectivity index (χ1) is 12.6. The van der Waals surface area contributed by atoms with Gasteiger partial charge >= 0.3 is 0 Å². The summed E-state index contributed by atoms with van der Waals surface area (Å²) >= 11 is 0. The summed E-state index contributed by atoms with van der Waals surface area (Å²) in [6.45, 7) is 0. The monoisotopic (exact) mass is 347 g/mol. The second-order valence-corrected chi connectivity index (χ2v) is 5.44. The largest absolute Gasteiger partial charge is 0.339 e. The van der Waals surface area contributed by atoms with Gasteiger partial charge < -0.3 is 10.6 Å². The van der Waals surface area contributed by atoms with Crippen LogP contribution in [-0.4, -0.2) is 16.1 Å². The Kier molecular flexibility index (Phi) is 5.15. The van der Waals surface area contributed by atoms with Gasteiger partial charge in [0, 0.05) is 5.69 Å². The molecular weight excluding hydrogens is 333 g/mol. The van der Waals surface area contributed by atoms with E-state index in [1.165, 1.54) is 6.07 Å². The number of rotatable bonds is 5. The Hall–Kier alpha value is -3.79. The summed E-state index contributed by atoms with van der Waals surface area (Å²) in [5.41, 5.74) is 1.54. The first-order valence-electron chi connectivity index (χ1n) is 7.78. The molecule has 0 radical (unpaired) electrons. The smallest absolute Gasteiger partial charge is 0.230 e. The third kappa shape index (κ3) is 4.39. The molecule has 7 heteroatoms. The number of nitrogens with one attached hydrogen (secondary N) is 2. The van der Waals surface area contributed by atoms with Crippen LogP contribution in [0.4, 0.5) is 21.7 Å². The molecule has 0 aliphatic carbocycles. The zero-order valence-corrected chi connectivity index (χ0v) is 13.6. The summed E-state index contributed by atoms with van der Waals surface area (Å²) in [6.07, 6.45) is -0.0880. The molecule has 0 bridgehead atoms. The van der Waals surface area contributed by atoms with Gasteiger partial charge in [-0.3, -0.25) is 4.79 Å². The van der Waals surface area contributed by atoms with E-state index in [1.807, 2.05) is 0 Å². The fourth-order valence-electron chi connectivity index (χ4n) is 2.28. The predicted octanol–water partition coefficient (Wildman–Crippen LogP) is 3.41. The van der Waals surface area contributed by atoms with E-state index < -0.39 is 5.82 Å². The fourth-order valence-corrected chi connectivity index (χ4v) is 2.28. The van der Waals surface area contributed by atoms with Crippen LogP contribution in [0.15, 0.2) is 60.7 Å². The van der Waals surface area contributed by atoms with Gasteiger partial charge in [-0.1, -0.05) is 24.3 Å². The molecular formula is C19H14FN5O. The molecule has 1 heterocycles. The number of amides is 1. The number of hydrogen-bond acceptors (Lipinski definition) is 5. The van der Waals surface area contributed by atoms with E-state index in [4.69, 9.17) is 5.26 Å². The SMILES string of the molecule is N#Cc1cccc(Nc2ccc(NC(=O)Cc3ccccc3F)nn2)c1. The summed E-state index contributed by atoms with van der Waals surface area (Å²) in [6, 6.07) is 18.3. The highest BCUT2D eigenvalue weighted by atomic mass is 19.1. The topological polar surface area (TPSA) is 90.7 Å². The number of nitrogens with zero attached hydrogens (tertiary/aromatic N) is 3. The van der Waals surface area contributed by atoms with Gasteiger partial charge in [0.05, 0.1) is 18.1 Å². The van der Waals surface area contributed by atoms with Gasteiger partial charge in [0.15, 0.2) is 11.6 Å². The maximum atomic E-state index is 13.6. The molecule has 0 fully saturated rings. The van der Waals surface area contributed by atoms with Crippen LogP contribution in [0.25, 0.3) is 0 Å². The van der Waals surface area contributed by atoms with Crippen molar-refractivity contribution in [2.24, 2.45) is 0 Å². The summed E-state index contributed by atoms with van der Waals surface area (Å²) < 4.78 is 13.6. The Balaban J connectivity index is 1.61. The van der Waals surface area contributed by atoms with Crippen molar-refractivity contribution >= 4 is 23.2 Å². The number of benzene rings is 2. The Labute approximate surface area is 149 Å². The Morgan fingerprint density at radius 2 is 1.81 bits per heavy atom. The van der Waals surface area contributed by atoms with E-state index in [1.54, 1.807) is 54.6 Å². The van der Waals surface area contributed by atoms with Crippen molar-refractivity contribution in [2.45, 2.75) is 6.42 Å². The minimum absolute atomic E-state index is 0.0880. The van der Waals surface area contributed by atoms with Gasteiger partial charge in [0.25, 0.3) is 0 Å². The standard InChI is InChI=1S/C19H14FN5O/c20-16-7-2-1-5-14(16)11-19(26)23-18-9-8-17(24-25-18)22-15-6-3-4-13(10-15)12-21/h1-10H,11H2,(H,22,24)(H,23,25,26). The first-order valence-corrected chi connectivity index (χ1v) is 7.78. The zero-order valence-electron chi connectivity index (χ0n) is 13.6. The molecule has 128 valence electrons. The number of hydrogen-bond donors (Lipinski definition) is 2. The minimum atomic E-state index is -0.423. The van der Waals surface area contributed by atoms with Crippen molar-refractivity contribution in [2.75, 3.05) is 10.6 Å². The van der Waals surface area contributed by atoms with Crippen LogP contribution in [0.3, 0.4) is 0 Å². The lowest BCUT2D eigenvalue weighted by atomic mass is 10.1. The average Bonchev–Trinajstić information content (AvgIpc) is 2.65.